The van der Waals surface area contributed by atoms with Crippen LogP contribution in [-0.4, -0.2) is 55.7 Å². The Kier molecular flexibility index (Phi) is 6.05. The highest BCUT2D eigenvalue weighted by atomic mass is 32.2. The molecule has 120 valence electrons. The van der Waals surface area contributed by atoms with Gasteiger partial charge in [0.25, 0.3) is 0 Å². The predicted molar refractivity (Wildman–Crippen MR) is 83.9 cm³/mol. The summed E-state index contributed by atoms with van der Waals surface area (Å²) >= 11 is 0. The Hall–Kier alpha value is -0.130. The second-order valence-corrected chi connectivity index (χ2v) is 9.91. The van der Waals surface area contributed by atoms with E-state index in [-0.39, 0.29) is 0 Å². The van der Waals surface area contributed by atoms with Crippen molar-refractivity contribution in [2.75, 3.05) is 32.8 Å². The van der Waals surface area contributed by atoms with Crippen molar-refractivity contribution in [2.45, 2.75) is 63.4 Å². The molecule has 2 rings (SSSR count). The lowest BCUT2D eigenvalue weighted by Gasteiger charge is -2.36. The van der Waals surface area contributed by atoms with Crippen molar-refractivity contribution in [3.05, 3.63) is 0 Å². The zero-order valence-corrected chi connectivity index (χ0v) is 14.6. The molecule has 2 aliphatic rings. The molecule has 1 aliphatic carbocycles. The lowest BCUT2D eigenvalue weighted by Crippen LogP contribution is -2.51. The van der Waals surface area contributed by atoms with Gasteiger partial charge in [-0.2, -0.15) is 0 Å². The van der Waals surface area contributed by atoms with Gasteiger partial charge in [0.2, 0.25) is 0 Å². The molecular weight excluding hydrogens is 274 g/mol. The lowest BCUT2D eigenvalue weighted by atomic mass is 10.2. The van der Waals surface area contributed by atoms with E-state index in [9.17, 15) is 8.42 Å². The van der Waals surface area contributed by atoms with Crippen LogP contribution in [0.1, 0.15) is 53.9 Å². The third-order valence-electron chi connectivity index (χ3n) is 4.04. The summed E-state index contributed by atoms with van der Waals surface area (Å²) in [6.07, 6.45) is 2.89. The molecule has 4 nitrogen and oxygen atoms in total. The summed E-state index contributed by atoms with van der Waals surface area (Å²) in [5.74, 6) is 0. The van der Waals surface area contributed by atoms with Gasteiger partial charge in [-0.3, -0.25) is 4.90 Å². The third-order valence-corrected chi connectivity index (χ3v) is 7.33. The van der Waals surface area contributed by atoms with Crippen LogP contribution in [0, 0.1) is 0 Å². The maximum absolute atomic E-state index is 12.6. The van der Waals surface area contributed by atoms with E-state index in [0.29, 0.717) is 19.8 Å². The highest BCUT2D eigenvalue weighted by Crippen LogP contribution is 2.47. The van der Waals surface area contributed by atoms with Crippen molar-refractivity contribution in [3.8, 4) is 0 Å². The van der Waals surface area contributed by atoms with E-state index in [0.717, 1.165) is 25.9 Å². The molecule has 0 aromatic carbocycles. The van der Waals surface area contributed by atoms with Gasteiger partial charge in [-0.15, -0.1) is 0 Å². The summed E-state index contributed by atoms with van der Waals surface area (Å²) < 4.78 is 29.3. The van der Waals surface area contributed by atoms with Gasteiger partial charge in [-0.25, -0.2) is 8.42 Å². The molecule has 0 unspecified atom stereocenters. The fourth-order valence-electron chi connectivity index (χ4n) is 2.49. The maximum atomic E-state index is 12.6. The van der Waals surface area contributed by atoms with Gasteiger partial charge < -0.3 is 4.74 Å². The highest BCUT2D eigenvalue weighted by molar-refractivity contribution is 7.94. The monoisotopic (exact) mass is 305 g/mol. The molecule has 0 aromatic rings. The molecule has 1 saturated heterocycles. The number of morpholine rings is 1. The van der Waals surface area contributed by atoms with Gasteiger partial charge in [0.1, 0.15) is 0 Å². The molecule has 0 spiro atoms. The summed E-state index contributed by atoms with van der Waals surface area (Å²) in [7, 11) is -3.05. The number of hydrogen-bond donors (Lipinski definition) is 0. The van der Waals surface area contributed by atoms with E-state index in [4.69, 9.17) is 4.74 Å². The second kappa shape index (κ2) is 6.75. The van der Waals surface area contributed by atoms with Gasteiger partial charge in [0.05, 0.1) is 22.7 Å². The van der Waals surface area contributed by atoms with Crippen LogP contribution in [0.15, 0.2) is 0 Å². The first-order valence-corrected chi connectivity index (χ1v) is 9.23. The average molecular weight is 305 g/mol. The SMILES string of the molecule is CC(C)(CN1CCOCC1)S(=O)(=O)C1(C)CC1.CCC. The Labute approximate surface area is 124 Å². The fraction of sp³-hybridized carbons (Fsp3) is 1.00. The van der Waals surface area contributed by atoms with Crippen LogP contribution in [0.3, 0.4) is 0 Å². The first-order valence-electron chi connectivity index (χ1n) is 7.74. The van der Waals surface area contributed by atoms with Crippen LogP contribution in [0.2, 0.25) is 0 Å². The van der Waals surface area contributed by atoms with Crippen molar-refractivity contribution < 1.29 is 13.2 Å². The summed E-state index contributed by atoms with van der Waals surface area (Å²) in [6, 6.07) is 0. The van der Waals surface area contributed by atoms with Gasteiger partial charge in [-0.1, -0.05) is 20.3 Å². The number of hydrogen-bond acceptors (Lipinski definition) is 4. The Balaban J connectivity index is 0.000000612. The van der Waals surface area contributed by atoms with E-state index in [2.05, 4.69) is 18.7 Å². The van der Waals surface area contributed by atoms with E-state index in [1.54, 1.807) is 0 Å². The zero-order valence-electron chi connectivity index (χ0n) is 13.7. The highest BCUT2D eigenvalue weighted by Gasteiger charge is 2.56. The first kappa shape index (κ1) is 17.9. The van der Waals surface area contributed by atoms with E-state index in [1.807, 2.05) is 20.8 Å². The number of rotatable bonds is 4. The van der Waals surface area contributed by atoms with Crippen LogP contribution >= 0.6 is 0 Å². The van der Waals surface area contributed by atoms with Gasteiger partial charge >= 0.3 is 0 Å². The van der Waals surface area contributed by atoms with Crippen molar-refractivity contribution in [2.24, 2.45) is 0 Å². The van der Waals surface area contributed by atoms with Crippen molar-refractivity contribution in [1.29, 1.82) is 0 Å². The number of nitrogens with zero attached hydrogens (tertiary/aromatic N) is 1. The maximum Gasteiger partial charge on any atom is 0.162 e. The molecule has 1 aliphatic heterocycles. The molecule has 1 heterocycles. The minimum atomic E-state index is -3.05. The van der Waals surface area contributed by atoms with Gasteiger partial charge in [0, 0.05) is 19.6 Å². The Morgan fingerprint density at radius 2 is 1.60 bits per heavy atom. The van der Waals surface area contributed by atoms with Crippen LogP contribution in [0.5, 0.6) is 0 Å². The molecule has 0 radical (unpaired) electrons. The molecular formula is C15H31NO3S. The van der Waals surface area contributed by atoms with Crippen molar-refractivity contribution in [1.82, 2.24) is 4.90 Å². The molecule has 5 heteroatoms. The van der Waals surface area contributed by atoms with Crippen LogP contribution < -0.4 is 0 Å². The van der Waals surface area contributed by atoms with Crippen LogP contribution in [0.25, 0.3) is 0 Å². The number of ether oxygens (including phenoxy) is 1. The second-order valence-electron chi connectivity index (χ2n) is 6.81. The van der Waals surface area contributed by atoms with Gasteiger partial charge in [0.15, 0.2) is 9.84 Å². The predicted octanol–water partition coefficient (Wildman–Crippen LogP) is 2.48. The average Bonchev–Trinajstić information content (AvgIpc) is 3.10. The lowest BCUT2D eigenvalue weighted by molar-refractivity contribution is 0.0344. The molecule has 2 fully saturated rings. The summed E-state index contributed by atoms with van der Waals surface area (Å²) in [5, 5.41) is 0. The minimum Gasteiger partial charge on any atom is -0.379 e. The van der Waals surface area contributed by atoms with E-state index >= 15 is 0 Å². The molecule has 0 amide bonds. The molecule has 0 N–H and O–H groups in total. The number of sulfone groups is 1. The van der Waals surface area contributed by atoms with E-state index < -0.39 is 19.3 Å². The molecule has 1 saturated carbocycles. The summed E-state index contributed by atoms with van der Waals surface area (Å²) in [6.45, 7) is 13.6. The van der Waals surface area contributed by atoms with E-state index in [1.165, 1.54) is 6.42 Å². The smallest absolute Gasteiger partial charge is 0.162 e. The Morgan fingerprint density at radius 1 is 1.15 bits per heavy atom. The minimum absolute atomic E-state index is 0.456. The molecule has 0 atom stereocenters. The zero-order chi connectivity index (χ0) is 15.4. The Bertz CT molecular complexity index is 393. The normalized spacial score (nSPS) is 22.9. The first-order chi connectivity index (χ1) is 9.20. The van der Waals surface area contributed by atoms with Crippen LogP contribution in [-0.2, 0) is 14.6 Å². The molecule has 0 bridgehead atoms. The van der Waals surface area contributed by atoms with Crippen LogP contribution in [0.4, 0.5) is 0 Å². The Morgan fingerprint density at radius 3 is 2.00 bits per heavy atom. The van der Waals surface area contributed by atoms with Crippen molar-refractivity contribution in [3.63, 3.8) is 0 Å². The topological polar surface area (TPSA) is 46.6 Å². The van der Waals surface area contributed by atoms with Gasteiger partial charge in [-0.05, 0) is 33.6 Å². The third kappa shape index (κ3) is 3.95. The summed E-state index contributed by atoms with van der Waals surface area (Å²) in [5.41, 5.74) is 0. The summed E-state index contributed by atoms with van der Waals surface area (Å²) in [4.78, 5) is 2.20. The van der Waals surface area contributed by atoms with Crippen molar-refractivity contribution >= 4 is 9.84 Å². The quantitative estimate of drug-likeness (QED) is 0.800. The molecule has 0 aromatic heterocycles. The molecule has 20 heavy (non-hydrogen) atoms. The largest absolute Gasteiger partial charge is 0.379 e. The fourth-order valence-corrected chi connectivity index (χ4v) is 4.82. The standard InChI is InChI=1S/C12H23NO3S.C3H8/c1-11(2,10-13-6-8-16-9-7-13)17(14,15)12(3)4-5-12;1-3-2/h4-10H2,1-3H3;3H2,1-2H3.